The van der Waals surface area contributed by atoms with Gasteiger partial charge in [-0.2, -0.15) is 0 Å². The minimum absolute atomic E-state index is 0.431. The van der Waals surface area contributed by atoms with Crippen molar-refractivity contribution in [3.8, 4) is 0 Å². The van der Waals surface area contributed by atoms with E-state index < -0.39 is 0 Å². The highest BCUT2D eigenvalue weighted by molar-refractivity contribution is 7.10. The fourth-order valence-electron chi connectivity index (χ4n) is 3.58. The van der Waals surface area contributed by atoms with E-state index in [1.807, 2.05) is 11.3 Å². The number of hydrogen-bond acceptors (Lipinski definition) is 3. The number of nitrogens with one attached hydrogen (secondary N) is 1. The van der Waals surface area contributed by atoms with Gasteiger partial charge in [-0.05, 0) is 49.5 Å². The Bertz CT molecular complexity index is 372. The molecule has 1 aliphatic heterocycles. The fourth-order valence-corrected chi connectivity index (χ4v) is 4.47. The third kappa shape index (κ3) is 3.21. The van der Waals surface area contributed by atoms with Gasteiger partial charge in [0.25, 0.3) is 0 Å². The third-order valence-electron chi connectivity index (χ3n) is 4.85. The predicted molar refractivity (Wildman–Crippen MR) is 80.5 cm³/mol. The number of ether oxygens (including phenoxy) is 1. The molecule has 1 aromatic heterocycles. The maximum atomic E-state index is 5.68. The van der Waals surface area contributed by atoms with Gasteiger partial charge in [-0.1, -0.05) is 18.9 Å². The van der Waals surface area contributed by atoms with E-state index in [0.717, 1.165) is 19.1 Å². The van der Waals surface area contributed by atoms with Crippen LogP contribution in [0.1, 0.15) is 49.9 Å². The van der Waals surface area contributed by atoms with Gasteiger partial charge < -0.3 is 10.1 Å². The second-order valence-electron chi connectivity index (χ2n) is 6.07. The first kappa shape index (κ1) is 13.6. The van der Waals surface area contributed by atoms with E-state index in [-0.39, 0.29) is 0 Å². The molecule has 0 spiro atoms. The van der Waals surface area contributed by atoms with Gasteiger partial charge in [-0.3, -0.25) is 0 Å². The van der Waals surface area contributed by atoms with Crippen LogP contribution >= 0.6 is 11.3 Å². The van der Waals surface area contributed by atoms with E-state index in [1.54, 1.807) is 0 Å². The molecule has 3 heteroatoms. The summed E-state index contributed by atoms with van der Waals surface area (Å²) in [5.41, 5.74) is 0. The van der Waals surface area contributed by atoms with Crippen molar-refractivity contribution < 1.29 is 4.74 Å². The summed E-state index contributed by atoms with van der Waals surface area (Å²) in [5, 5.41) is 6.08. The van der Waals surface area contributed by atoms with Crippen molar-refractivity contribution >= 4 is 11.3 Å². The first-order valence-electron chi connectivity index (χ1n) is 7.73. The highest BCUT2D eigenvalue weighted by atomic mass is 32.1. The minimum Gasteiger partial charge on any atom is -0.378 e. The van der Waals surface area contributed by atoms with E-state index in [9.17, 15) is 0 Å². The average Bonchev–Trinajstić information content (AvgIpc) is 3.13. The Morgan fingerprint density at radius 2 is 2.21 bits per heavy atom. The summed E-state index contributed by atoms with van der Waals surface area (Å²) in [4.78, 5) is 1.53. The molecule has 1 saturated carbocycles. The predicted octanol–water partition coefficient (Wildman–Crippen LogP) is 3.99. The van der Waals surface area contributed by atoms with Crippen molar-refractivity contribution in [2.45, 2.75) is 51.2 Å². The highest BCUT2D eigenvalue weighted by Crippen LogP contribution is 2.37. The molecule has 1 aliphatic carbocycles. The van der Waals surface area contributed by atoms with Gasteiger partial charge in [-0.25, -0.2) is 0 Å². The Morgan fingerprint density at radius 3 is 2.84 bits per heavy atom. The maximum absolute atomic E-state index is 5.68. The summed E-state index contributed by atoms with van der Waals surface area (Å²) < 4.78 is 5.68. The van der Waals surface area contributed by atoms with Gasteiger partial charge in [0.15, 0.2) is 0 Å². The number of thiophene rings is 1. The summed E-state index contributed by atoms with van der Waals surface area (Å²) in [6.07, 6.45) is 7.27. The van der Waals surface area contributed by atoms with Crippen molar-refractivity contribution in [3.05, 3.63) is 22.4 Å². The number of hydrogen-bond donors (Lipinski definition) is 1. The minimum atomic E-state index is 0.431. The van der Waals surface area contributed by atoms with Gasteiger partial charge in [0, 0.05) is 24.1 Å². The van der Waals surface area contributed by atoms with E-state index >= 15 is 0 Å². The SMILES string of the molecule is CC1OCCC1CNC(c1cccs1)C1CCCC1. The smallest absolute Gasteiger partial charge is 0.0588 e. The van der Waals surface area contributed by atoms with Crippen LogP contribution in [-0.2, 0) is 4.74 Å². The molecule has 3 unspecified atom stereocenters. The summed E-state index contributed by atoms with van der Waals surface area (Å²) in [7, 11) is 0. The van der Waals surface area contributed by atoms with E-state index in [2.05, 4.69) is 29.8 Å². The Balaban J connectivity index is 1.62. The summed E-state index contributed by atoms with van der Waals surface area (Å²) in [5.74, 6) is 1.54. The van der Waals surface area contributed by atoms with E-state index in [4.69, 9.17) is 4.74 Å². The van der Waals surface area contributed by atoms with Gasteiger partial charge in [0.05, 0.1) is 6.10 Å². The van der Waals surface area contributed by atoms with Crippen LogP contribution in [0, 0.1) is 11.8 Å². The van der Waals surface area contributed by atoms with Crippen molar-refractivity contribution in [2.24, 2.45) is 11.8 Å². The van der Waals surface area contributed by atoms with Crippen molar-refractivity contribution in [1.82, 2.24) is 5.32 Å². The largest absolute Gasteiger partial charge is 0.378 e. The fraction of sp³-hybridized carbons (Fsp3) is 0.750. The molecular weight excluding hydrogens is 254 g/mol. The van der Waals surface area contributed by atoms with Crippen molar-refractivity contribution in [3.63, 3.8) is 0 Å². The molecule has 1 aromatic rings. The molecule has 0 bridgehead atoms. The van der Waals surface area contributed by atoms with Crippen molar-refractivity contribution in [2.75, 3.05) is 13.2 Å². The molecule has 2 fully saturated rings. The quantitative estimate of drug-likeness (QED) is 0.880. The van der Waals surface area contributed by atoms with Crippen LogP contribution in [0.3, 0.4) is 0 Å². The topological polar surface area (TPSA) is 21.3 Å². The lowest BCUT2D eigenvalue weighted by molar-refractivity contribution is 0.104. The van der Waals surface area contributed by atoms with Crippen LogP contribution in [-0.4, -0.2) is 19.3 Å². The average molecular weight is 279 g/mol. The zero-order valence-electron chi connectivity index (χ0n) is 11.8. The lowest BCUT2D eigenvalue weighted by atomic mass is 9.95. The van der Waals surface area contributed by atoms with Gasteiger partial charge in [-0.15, -0.1) is 11.3 Å². The third-order valence-corrected chi connectivity index (χ3v) is 5.81. The summed E-state index contributed by atoms with van der Waals surface area (Å²) in [6.45, 7) is 4.27. The molecule has 0 amide bonds. The Kier molecular flexibility index (Phi) is 4.57. The summed E-state index contributed by atoms with van der Waals surface area (Å²) >= 11 is 1.91. The molecule has 2 nitrogen and oxygen atoms in total. The standard InChI is InChI=1S/C16H25NOS/c1-12-14(8-9-18-12)11-17-16(13-5-2-3-6-13)15-7-4-10-19-15/h4,7,10,12-14,16-17H,2-3,5-6,8-9,11H2,1H3. The first-order valence-corrected chi connectivity index (χ1v) is 8.61. The maximum Gasteiger partial charge on any atom is 0.0588 e. The van der Waals surface area contributed by atoms with E-state index in [0.29, 0.717) is 18.1 Å². The van der Waals surface area contributed by atoms with Gasteiger partial charge in [0.2, 0.25) is 0 Å². The van der Waals surface area contributed by atoms with Crippen LogP contribution in [0.25, 0.3) is 0 Å². The molecule has 3 rings (SSSR count). The molecule has 19 heavy (non-hydrogen) atoms. The Hall–Kier alpha value is -0.380. The normalized spacial score (nSPS) is 29.9. The van der Waals surface area contributed by atoms with Gasteiger partial charge in [0.1, 0.15) is 0 Å². The molecule has 1 saturated heterocycles. The first-order chi connectivity index (χ1) is 9.34. The summed E-state index contributed by atoms with van der Waals surface area (Å²) in [6, 6.07) is 5.07. The van der Waals surface area contributed by atoms with Gasteiger partial charge >= 0.3 is 0 Å². The van der Waals surface area contributed by atoms with E-state index in [1.165, 1.54) is 37.0 Å². The van der Waals surface area contributed by atoms with Crippen molar-refractivity contribution in [1.29, 1.82) is 0 Å². The molecule has 3 atom stereocenters. The highest BCUT2D eigenvalue weighted by Gasteiger charge is 2.29. The Morgan fingerprint density at radius 1 is 1.37 bits per heavy atom. The zero-order valence-corrected chi connectivity index (χ0v) is 12.6. The Labute approximate surface area is 120 Å². The molecule has 0 radical (unpaired) electrons. The monoisotopic (exact) mass is 279 g/mol. The zero-order chi connectivity index (χ0) is 13.1. The lowest BCUT2D eigenvalue weighted by Gasteiger charge is -2.26. The molecule has 0 aromatic carbocycles. The van der Waals surface area contributed by atoms with Crippen LogP contribution in [0.15, 0.2) is 17.5 Å². The van der Waals surface area contributed by atoms with Crippen LogP contribution in [0.5, 0.6) is 0 Å². The second kappa shape index (κ2) is 6.38. The van der Waals surface area contributed by atoms with Crippen LogP contribution < -0.4 is 5.32 Å². The molecular formula is C16H25NOS. The molecule has 106 valence electrons. The second-order valence-corrected chi connectivity index (χ2v) is 7.05. The molecule has 2 heterocycles. The molecule has 2 aliphatic rings. The lowest BCUT2D eigenvalue weighted by Crippen LogP contribution is -2.33. The molecule has 1 N–H and O–H groups in total. The van der Waals surface area contributed by atoms with Crippen LogP contribution in [0.4, 0.5) is 0 Å². The van der Waals surface area contributed by atoms with Crippen LogP contribution in [0.2, 0.25) is 0 Å². The number of rotatable bonds is 5.